The van der Waals surface area contributed by atoms with Crippen LogP contribution >= 0.6 is 15.9 Å². The van der Waals surface area contributed by atoms with Crippen molar-refractivity contribution in [3.05, 3.63) is 41.7 Å². The summed E-state index contributed by atoms with van der Waals surface area (Å²) in [5.41, 5.74) is 1.10. The third-order valence-corrected chi connectivity index (χ3v) is 3.12. The number of pyridine rings is 1. The highest BCUT2D eigenvalue weighted by Crippen LogP contribution is 2.19. The number of rotatable bonds is 6. The number of hydrogen-bond donors (Lipinski definition) is 1. The number of aryl methyl sites for hydroxylation is 1. The Kier molecular flexibility index (Phi) is 4.55. The van der Waals surface area contributed by atoms with Gasteiger partial charge in [0.15, 0.2) is 0 Å². The third-order valence-electron chi connectivity index (χ3n) is 2.49. The Labute approximate surface area is 109 Å². The fraction of sp³-hybridized carbons (Fsp3) is 0.333. The van der Waals surface area contributed by atoms with E-state index in [-0.39, 0.29) is 0 Å². The molecule has 0 saturated carbocycles. The highest BCUT2D eigenvalue weighted by Gasteiger charge is 1.97. The van der Waals surface area contributed by atoms with Crippen LogP contribution in [0.15, 0.2) is 41.7 Å². The summed E-state index contributed by atoms with van der Waals surface area (Å²) in [5, 5.41) is 3.38. The average molecular weight is 295 g/mol. The van der Waals surface area contributed by atoms with Crippen molar-refractivity contribution in [1.29, 1.82) is 0 Å². The molecule has 4 nitrogen and oxygen atoms in total. The molecular weight excluding hydrogens is 280 g/mol. The minimum absolute atomic E-state index is 0.970. The number of anilines is 1. The summed E-state index contributed by atoms with van der Waals surface area (Å²) in [5.74, 6) is 0. The smallest absolute Gasteiger partial charge is 0.0945 e. The Hall–Kier alpha value is -1.36. The van der Waals surface area contributed by atoms with Crippen molar-refractivity contribution in [2.45, 2.75) is 19.4 Å². The standard InChI is InChI=1S/C12H15BrN4/c13-11-9-14-5-3-12(11)16-4-1-2-7-17-8-6-15-10-17/h3,5-6,8-10H,1-2,4,7H2,(H,14,16). The molecule has 0 aromatic carbocycles. The molecule has 17 heavy (non-hydrogen) atoms. The van der Waals surface area contributed by atoms with E-state index in [2.05, 4.69) is 35.8 Å². The number of nitrogens with one attached hydrogen (secondary N) is 1. The molecule has 0 fully saturated rings. The van der Waals surface area contributed by atoms with Crippen LogP contribution in [0.25, 0.3) is 0 Å². The van der Waals surface area contributed by atoms with Crippen LogP contribution in [0.3, 0.4) is 0 Å². The molecule has 0 aliphatic rings. The molecule has 5 heteroatoms. The molecule has 0 aliphatic heterocycles. The first-order valence-electron chi connectivity index (χ1n) is 5.65. The van der Waals surface area contributed by atoms with Crippen LogP contribution in [0.2, 0.25) is 0 Å². The molecule has 0 unspecified atom stereocenters. The van der Waals surface area contributed by atoms with Gasteiger partial charge in [-0.05, 0) is 34.8 Å². The molecule has 1 N–H and O–H groups in total. The van der Waals surface area contributed by atoms with E-state index in [1.165, 1.54) is 0 Å². The molecule has 0 aliphatic carbocycles. The van der Waals surface area contributed by atoms with Crippen molar-refractivity contribution in [3.63, 3.8) is 0 Å². The molecule has 0 amide bonds. The maximum Gasteiger partial charge on any atom is 0.0945 e. The predicted octanol–water partition coefficient (Wildman–Crippen LogP) is 2.93. The number of imidazole rings is 1. The van der Waals surface area contributed by atoms with Crippen molar-refractivity contribution in [2.24, 2.45) is 0 Å². The normalized spacial score (nSPS) is 10.4. The van der Waals surface area contributed by atoms with Crippen LogP contribution in [0.5, 0.6) is 0 Å². The zero-order valence-corrected chi connectivity index (χ0v) is 11.1. The van der Waals surface area contributed by atoms with E-state index in [1.54, 1.807) is 12.4 Å². The molecule has 2 aromatic rings. The van der Waals surface area contributed by atoms with Gasteiger partial charge in [-0.2, -0.15) is 0 Å². The van der Waals surface area contributed by atoms with Gasteiger partial charge in [-0.15, -0.1) is 0 Å². The van der Waals surface area contributed by atoms with Crippen LogP contribution < -0.4 is 5.32 Å². The Morgan fingerprint density at radius 2 is 2.18 bits per heavy atom. The quantitative estimate of drug-likeness (QED) is 0.833. The summed E-state index contributed by atoms with van der Waals surface area (Å²) in [4.78, 5) is 8.04. The van der Waals surface area contributed by atoms with Crippen LogP contribution in [0.1, 0.15) is 12.8 Å². The first-order chi connectivity index (χ1) is 8.36. The second-order valence-corrected chi connectivity index (χ2v) is 4.64. The molecule has 0 atom stereocenters. The van der Waals surface area contributed by atoms with Crippen LogP contribution in [0, 0.1) is 0 Å². The van der Waals surface area contributed by atoms with Crippen molar-refractivity contribution in [2.75, 3.05) is 11.9 Å². The number of nitrogens with zero attached hydrogens (tertiary/aromatic N) is 3. The van der Waals surface area contributed by atoms with Gasteiger partial charge in [0.2, 0.25) is 0 Å². The van der Waals surface area contributed by atoms with E-state index in [0.29, 0.717) is 0 Å². The minimum Gasteiger partial charge on any atom is -0.384 e. The van der Waals surface area contributed by atoms with Gasteiger partial charge in [0, 0.05) is 37.9 Å². The van der Waals surface area contributed by atoms with Crippen molar-refractivity contribution in [3.8, 4) is 0 Å². The van der Waals surface area contributed by atoms with Crippen molar-refractivity contribution >= 4 is 21.6 Å². The second kappa shape index (κ2) is 6.39. The molecule has 0 spiro atoms. The topological polar surface area (TPSA) is 42.7 Å². The summed E-state index contributed by atoms with van der Waals surface area (Å²) in [6.45, 7) is 2.00. The van der Waals surface area contributed by atoms with Gasteiger partial charge in [-0.1, -0.05) is 0 Å². The largest absolute Gasteiger partial charge is 0.384 e. The van der Waals surface area contributed by atoms with Gasteiger partial charge in [0.1, 0.15) is 0 Å². The molecule has 0 radical (unpaired) electrons. The summed E-state index contributed by atoms with van der Waals surface area (Å²) < 4.78 is 3.11. The predicted molar refractivity (Wildman–Crippen MR) is 71.9 cm³/mol. The monoisotopic (exact) mass is 294 g/mol. The SMILES string of the molecule is Brc1cnccc1NCCCCn1ccnc1. The highest BCUT2D eigenvalue weighted by molar-refractivity contribution is 9.10. The van der Waals surface area contributed by atoms with E-state index in [9.17, 15) is 0 Å². The van der Waals surface area contributed by atoms with E-state index in [0.717, 1.165) is 36.1 Å². The van der Waals surface area contributed by atoms with Gasteiger partial charge >= 0.3 is 0 Å². The maximum absolute atomic E-state index is 4.03. The first-order valence-corrected chi connectivity index (χ1v) is 6.44. The summed E-state index contributed by atoms with van der Waals surface area (Å²) >= 11 is 3.46. The summed E-state index contributed by atoms with van der Waals surface area (Å²) in [6, 6.07) is 1.97. The van der Waals surface area contributed by atoms with Gasteiger partial charge in [-0.25, -0.2) is 4.98 Å². The van der Waals surface area contributed by atoms with E-state index in [4.69, 9.17) is 0 Å². The van der Waals surface area contributed by atoms with Gasteiger partial charge in [0.25, 0.3) is 0 Å². The number of halogens is 1. The Balaban J connectivity index is 1.65. The van der Waals surface area contributed by atoms with Gasteiger partial charge in [0.05, 0.1) is 16.5 Å². The zero-order valence-electron chi connectivity index (χ0n) is 9.51. The lowest BCUT2D eigenvalue weighted by Gasteiger charge is -2.07. The van der Waals surface area contributed by atoms with Crippen molar-refractivity contribution in [1.82, 2.24) is 14.5 Å². The third kappa shape index (κ3) is 3.85. The molecular formula is C12H15BrN4. The van der Waals surface area contributed by atoms with Crippen LogP contribution in [-0.4, -0.2) is 21.1 Å². The maximum atomic E-state index is 4.03. The van der Waals surface area contributed by atoms with Gasteiger partial charge in [-0.3, -0.25) is 4.98 Å². The lowest BCUT2D eigenvalue weighted by Crippen LogP contribution is -2.04. The van der Waals surface area contributed by atoms with Crippen molar-refractivity contribution < 1.29 is 0 Å². The minimum atomic E-state index is 0.970. The number of hydrogen-bond acceptors (Lipinski definition) is 3. The molecule has 2 rings (SSSR count). The lowest BCUT2D eigenvalue weighted by atomic mass is 10.3. The lowest BCUT2D eigenvalue weighted by molar-refractivity contribution is 0.621. The molecule has 2 heterocycles. The molecule has 90 valence electrons. The fourth-order valence-corrected chi connectivity index (χ4v) is 1.97. The Morgan fingerprint density at radius 1 is 1.24 bits per heavy atom. The highest BCUT2D eigenvalue weighted by atomic mass is 79.9. The van der Waals surface area contributed by atoms with Crippen LogP contribution in [0.4, 0.5) is 5.69 Å². The summed E-state index contributed by atoms with van der Waals surface area (Å²) in [6.07, 6.45) is 11.5. The van der Waals surface area contributed by atoms with Crippen LogP contribution in [-0.2, 0) is 6.54 Å². The number of aromatic nitrogens is 3. The van der Waals surface area contributed by atoms with E-state index in [1.807, 2.05) is 24.8 Å². The summed E-state index contributed by atoms with van der Waals surface area (Å²) in [7, 11) is 0. The Bertz CT molecular complexity index is 442. The number of unbranched alkanes of at least 4 members (excludes halogenated alkanes) is 1. The first kappa shape index (κ1) is 12.1. The molecule has 2 aromatic heterocycles. The van der Waals surface area contributed by atoms with Gasteiger partial charge < -0.3 is 9.88 Å². The molecule has 0 saturated heterocycles. The average Bonchev–Trinajstić information content (AvgIpc) is 2.84. The molecule has 0 bridgehead atoms. The Morgan fingerprint density at radius 3 is 2.94 bits per heavy atom. The van der Waals surface area contributed by atoms with E-state index < -0.39 is 0 Å². The van der Waals surface area contributed by atoms with E-state index >= 15 is 0 Å². The fourth-order valence-electron chi connectivity index (χ4n) is 1.58. The zero-order chi connectivity index (χ0) is 11.9. The second-order valence-electron chi connectivity index (χ2n) is 3.79.